The number of nitrogens with zero attached hydrogens (tertiary/aromatic N) is 2. The van der Waals surface area contributed by atoms with E-state index in [4.69, 9.17) is 4.98 Å². The minimum atomic E-state index is 0.138. The minimum absolute atomic E-state index is 0.138. The van der Waals surface area contributed by atoms with Gasteiger partial charge in [-0.15, -0.1) is 0 Å². The minimum Gasteiger partial charge on any atom is -0.356 e. The highest BCUT2D eigenvalue weighted by atomic mass is 16.1. The van der Waals surface area contributed by atoms with Crippen molar-refractivity contribution in [2.75, 3.05) is 6.54 Å². The summed E-state index contributed by atoms with van der Waals surface area (Å²) in [6.45, 7) is 4.94. The first-order chi connectivity index (χ1) is 12.7. The van der Waals surface area contributed by atoms with Crippen LogP contribution in [0.15, 0.2) is 54.6 Å². The van der Waals surface area contributed by atoms with Gasteiger partial charge < -0.3 is 9.88 Å². The number of para-hydroxylation sites is 2. The molecule has 2 aromatic carbocycles. The van der Waals surface area contributed by atoms with E-state index in [2.05, 4.69) is 59.3 Å². The third-order valence-electron chi connectivity index (χ3n) is 4.71. The molecule has 136 valence electrons. The summed E-state index contributed by atoms with van der Waals surface area (Å²) in [4.78, 5) is 16.5. The van der Waals surface area contributed by atoms with E-state index in [0.29, 0.717) is 13.0 Å². The Morgan fingerprint density at radius 1 is 1.12 bits per heavy atom. The summed E-state index contributed by atoms with van der Waals surface area (Å²) in [5.74, 6) is 1.21. The lowest BCUT2D eigenvalue weighted by molar-refractivity contribution is -0.121. The molecule has 1 unspecified atom stereocenters. The molecule has 0 aliphatic heterocycles. The number of amides is 1. The third kappa shape index (κ3) is 4.13. The average Bonchev–Trinajstić information content (AvgIpc) is 3.04. The van der Waals surface area contributed by atoms with Crippen LogP contribution in [0.5, 0.6) is 0 Å². The second-order valence-corrected chi connectivity index (χ2v) is 6.68. The molecule has 4 heteroatoms. The molecule has 0 radical (unpaired) electrons. The van der Waals surface area contributed by atoms with E-state index >= 15 is 0 Å². The summed E-state index contributed by atoms with van der Waals surface area (Å²) < 4.78 is 2.33. The number of rotatable bonds is 8. The Balaban J connectivity index is 1.80. The van der Waals surface area contributed by atoms with Crippen LogP contribution in [0.2, 0.25) is 0 Å². The van der Waals surface area contributed by atoms with E-state index < -0.39 is 0 Å². The van der Waals surface area contributed by atoms with Crippen LogP contribution in [0.25, 0.3) is 11.0 Å². The second kappa shape index (κ2) is 8.65. The zero-order chi connectivity index (χ0) is 18.4. The molecule has 0 aliphatic rings. The van der Waals surface area contributed by atoms with Gasteiger partial charge in [0.2, 0.25) is 5.91 Å². The molecule has 3 aromatic rings. The third-order valence-corrected chi connectivity index (χ3v) is 4.71. The van der Waals surface area contributed by atoms with Crippen molar-refractivity contribution in [2.45, 2.75) is 45.6 Å². The zero-order valence-electron chi connectivity index (χ0n) is 15.6. The van der Waals surface area contributed by atoms with Crippen LogP contribution in [-0.2, 0) is 11.2 Å². The van der Waals surface area contributed by atoms with Gasteiger partial charge in [0.1, 0.15) is 5.82 Å². The van der Waals surface area contributed by atoms with Crippen molar-refractivity contribution in [3.05, 3.63) is 66.0 Å². The Hall–Kier alpha value is -2.62. The van der Waals surface area contributed by atoms with Gasteiger partial charge in [0.25, 0.3) is 0 Å². The Bertz CT molecular complexity index is 854. The predicted octanol–water partition coefficient (Wildman–Crippen LogP) is 4.49. The summed E-state index contributed by atoms with van der Waals surface area (Å²) >= 11 is 0. The van der Waals surface area contributed by atoms with E-state index in [1.807, 2.05) is 19.1 Å². The highest BCUT2D eigenvalue weighted by molar-refractivity contribution is 5.76. The van der Waals surface area contributed by atoms with Gasteiger partial charge in [-0.1, -0.05) is 49.4 Å². The molecule has 1 atom stereocenters. The first-order valence-corrected chi connectivity index (χ1v) is 9.48. The Morgan fingerprint density at radius 3 is 2.62 bits per heavy atom. The maximum absolute atomic E-state index is 11.6. The standard InChI is InChI=1S/C22H27N3O/c1-3-10-22(26)23-16-9-15-21-24-19-13-7-8-14-20(19)25(21)17(2)18-11-5-4-6-12-18/h4-8,11-14,17H,3,9-10,15-16H2,1-2H3,(H,23,26). The molecule has 1 heterocycles. The number of carbonyl (C=O) groups is 1. The number of aromatic nitrogens is 2. The van der Waals surface area contributed by atoms with Crippen molar-refractivity contribution in [3.63, 3.8) is 0 Å². The van der Waals surface area contributed by atoms with Gasteiger partial charge in [0.05, 0.1) is 17.1 Å². The Kier molecular flexibility index (Phi) is 6.05. The first kappa shape index (κ1) is 18.2. The summed E-state index contributed by atoms with van der Waals surface area (Å²) in [7, 11) is 0. The van der Waals surface area contributed by atoms with Crippen LogP contribution in [0.3, 0.4) is 0 Å². The molecule has 1 N–H and O–H groups in total. The van der Waals surface area contributed by atoms with Crippen LogP contribution < -0.4 is 5.32 Å². The number of benzene rings is 2. The quantitative estimate of drug-likeness (QED) is 0.609. The Morgan fingerprint density at radius 2 is 1.85 bits per heavy atom. The number of hydrogen-bond donors (Lipinski definition) is 1. The molecule has 0 spiro atoms. The molecule has 0 fully saturated rings. The smallest absolute Gasteiger partial charge is 0.219 e. The molecular formula is C22H27N3O. The lowest BCUT2D eigenvalue weighted by Gasteiger charge is -2.18. The van der Waals surface area contributed by atoms with E-state index in [-0.39, 0.29) is 11.9 Å². The number of nitrogens with one attached hydrogen (secondary N) is 1. The Labute approximate surface area is 155 Å². The average molecular weight is 349 g/mol. The van der Waals surface area contributed by atoms with Crippen LogP contribution >= 0.6 is 0 Å². The molecule has 1 aromatic heterocycles. The molecule has 26 heavy (non-hydrogen) atoms. The fourth-order valence-corrected chi connectivity index (χ4v) is 3.37. The summed E-state index contributed by atoms with van der Waals surface area (Å²) in [6, 6.07) is 19.0. The van der Waals surface area contributed by atoms with Gasteiger partial charge in [-0.3, -0.25) is 4.79 Å². The SMILES string of the molecule is CCCC(=O)NCCCc1nc2ccccc2n1C(C)c1ccccc1. The van der Waals surface area contributed by atoms with Crippen LogP contribution in [0.1, 0.15) is 50.5 Å². The monoisotopic (exact) mass is 349 g/mol. The van der Waals surface area contributed by atoms with Crippen molar-refractivity contribution >= 4 is 16.9 Å². The first-order valence-electron chi connectivity index (χ1n) is 9.48. The van der Waals surface area contributed by atoms with Gasteiger partial charge in [-0.05, 0) is 37.5 Å². The van der Waals surface area contributed by atoms with E-state index in [9.17, 15) is 4.79 Å². The number of fused-ring (bicyclic) bond motifs is 1. The fourth-order valence-electron chi connectivity index (χ4n) is 3.37. The van der Waals surface area contributed by atoms with Crippen LogP contribution in [0.4, 0.5) is 0 Å². The molecule has 1 amide bonds. The van der Waals surface area contributed by atoms with Crippen molar-refractivity contribution < 1.29 is 4.79 Å². The number of imidazole rings is 1. The van der Waals surface area contributed by atoms with Gasteiger partial charge in [0, 0.05) is 19.4 Å². The summed E-state index contributed by atoms with van der Waals surface area (Å²) in [5, 5.41) is 2.99. The number of carbonyl (C=O) groups excluding carboxylic acids is 1. The van der Waals surface area contributed by atoms with Crippen molar-refractivity contribution in [1.82, 2.24) is 14.9 Å². The maximum atomic E-state index is 11.6. The van der Waals surface area contributed by atoms with Crippen LogP contribution in [-0.4, -0.2) is 22.0 Å². The van der Waals surface area contributed by atoms with Gasteiger partial charge >= 0.3 is 0 Å². The normalized spacial score (nSPS) is 12.2. The van der Waals surface area contributed by atoms with E-state index in [1.165, 1.54) is 5.56 Å². The molecular weight excluding hydrogens is 322 g/mol. The van der Waals surface area contributed by atoms with E-state index in [1.54, 1.807) is 0 Å². The largest absolute Gasteiger partial charge is 0.356 e. The van der Waals surface area contributed by atoms with Gasteiger partial charge in [-0.2, -0.15) is 0 Å². The lowest BCUT2D eigenvalue weighted by Crippen LogP contribution is -2.24. The maximum Gasteiger partial charge on any atom is 0.219 e. The topological polar surface area (TPSA) is 46.9 Å². The molecule has 3 rings (SSSR count). The number of hydrogen-bond acceptors (Lipinski definition) is 2. The van der Waals surface area contributed by atoms with Crippen molar-refractivity contribution in [3.8, 4) is 0 Å². The van der Waals surface area contributed by atoms with Gasteiger partial charge in [0.15, 0.2) is 0 Å². The fraction of sp³-hybridized carbons (Fsp3) is 0.364. The molecule has 0 saturated carbocycles. The van der Waals surface area contributed by atoms with E-state index in [0.717, 1.165) is 36.1 Å². The summed E-state index contributed by atoms with van der Waals surface area (Å²) in [5.41, 5.74) is 3.46. The van der Waals surface area contributed by atoms with Crippen LogP contribution in [0, 0.1) is 0 Å². The molecule has 4 nitrogen and oxygen atoms in total. The summed E-state index contributed by atoms with van der Waals surface area (Å²) in [6.07, 6.45) is 3.22. The molecule has 0 aliphatic carbocycles. The second-order valence-electron chi connectivity index (χ2n) is 6.68. The highest BCUT2D eigenvalue weighted by Crippen LogP contribution is 2.26. The predicted molar refractivity (Wildman–Crippen MR) is 106 cm³/mol. The highest BCUT2D eigenvalue weighted by Gasteiger charge is 2.16. The molecule has 0 bridgehead atoms. The van der Waals surface area contributed by atoms with Crippen molar-refractivity contribution in [2.24, 2.45) is 0 Å². The zero-order valence-corrected chi connectivity index (χ0v) is 15.6. The lowest BCUT2D eigenvalue weighted by atomic mass is 10.1. The number of aryl methyl sites for hydroxylation is 1. The van der Waals surface area contributed by atoms with Gasteiger partial charge in [-0.25, -0.2) is 4.98 Å². The molecule has 0 saturated heterocycles. The van der Waals surface area contributed by atoms with Crippen molar-refractivity contribution in [1.29, 1.82) is 0 Å².